The van der Waals surface area contributed by atoms with E-state index in [1.54, 1.807) is 18.2 Å². The molecule has 0 rings (SSSR count). The summed E-state index contributed by atoms with van der Waals surface area (Å²) in [5.41, 5.74) is 0. The van der Waals surface area contributed by atoms with E-state index in [1.807, 2.05) is 6.92 Å². The molecule has 0 aliphatic heterocycles. The van der Waals surface area contributed by atoms with Gasteiger partial charge in [-0.15, -0.1) is 19.7 Å². The lowest BCUT2D eigenvalue weighted by Crippen LogP contribution is -1.87. The number of ether oxygens (including phenoxy) is 1. The molecule has 0 heterocycles. The zero-order valence-electron chi connectivity index (χ0n) is 7.38. The molecule has 0 bridgehead atoms. The van der Waals surface area contributed by atoms with Crippen LogP contribution in [-0.2, 0) is 4.74 Å². The monoisotopic (exact) mass is 157 g/mol. The predicted octanol–water partition coefficient (Wildman–Crippen LogP) is 2.73. The van der Waals surface area contributed by atoms with Crippen LogP contribution in [0.15, 0.2) is 38.0 Å². The van der Waals surface area contributed by atoms with Crippen molar-refractivity contribution in [3.63, 3.8) is 0 Å². The molecule has 3 N–H and O–H groups in total. The van der Waals surface area contributed by atoms with Gasteiger partial charge in [0, 0.05) is 0 Å². The van der Waals surface area contributed by atoms with E-state index in [0.29, 0.717) is 13.2 Å². The van der Waals surface area contributed by atoms with Crippen molar-refractivity contribution in [3.8, 4) is 0 Å². The molecular weight excluding hydrogens is 138 g/mol. The summed E-state index contributed by atoms with van der Waals surface area (Å²) in [6.45, 7) is 13.4. The number of hydrogen-bond acceptors (Lipinski definition) is 2. The van der Waals surface area contributed by atoms with Gasteiger partial charge in [0.15, 0.2) is 0 Å². The molecule has 0 fully saturated rings. The average molecular weight is 157 g/mol. The maximum atomic E-state index is 4.90. The third-order valence-electron chi connectivity index (χ3n) is 0.471. The fraction of sp³-hybridized carbons (Fsp3) is 0.333. The molecule has 2 nitrogen and oxygen atoms in total. The van der Waals surface area contributed by atoms with Crippen molar-refractivity contribution >= 4 is 0 Å². The summed E-state index contributed by atoms with van der Waals surface area (Å²) >= 11 is 0. The molecule has 0 saturated carbocycles. The van der Waals surface area contributed by atoms with Gasteiger partial charge in [-0.3, -0.25) is 0 Å². The lowest BCUT2D eigenvalue weighted by molar-refractivity contribution is 0.194. The molecule has 0 atom stereocenters. The zero-order valence-corrected chi connectivity index (χ0v) is 7.38. The standard InChI is InChI=1S/C6H10O.C3H6.H3N/c1-3-5-7-6-4-2;1-3-2;/h3-4H,1-2,5-6H2;3H,1H2,2H3;1H3. The van der Waals surface area contributed by atoms with Crippen LogP contribution in [0.3, 0.4) is 0 Å². The Morgan fingerprint density at radius 1 is 1.09 bits per heavy atom. The Balaban J connectivity index is -0.000000140. The van der Waals surface area contributed by atoms with Crippen LogP contribution >= 0.6 is 0 Å². The first-order chi connectivity index (χ1) is 4.83. The molecule has 0 aromatic rings. The topological polar surface area (TPSA) is 44.2 Å². The number of rotatable bonds is 4. The average Bonchev–Trinajstić information content (AvgIpc) is 1.91. The SMILES string of the molecule is C=CC.C=CCOCC=C.N. The molecule has 66 valence electrons. The Morgan fingerprint density at radius 3 is 1.55 bits per heavy atom. The molecule has 0 unspecified atom stereocenters. The number of allylic oxidation sites excluding steroid dienone is 1. The Kier molecular flexibility index (Phi) is 34.6. The first-order valence-corrected chi connectivity index (χ1v) is 3.20. The van der Waals surface area contributed by atoms with E-state index in [4.69, 9.17) is 4.74 Å². The van der Waals surface area contributed by atoms with Gasteiger partial charge in [0.05, 0.1) is 13.2 Å². The van der Waals surface area contributed by atoms with Gasteiger partial charge < -0.3 is 10.9 Å². The van der Waals surface area contributed by atoms with Crippen molar-refractivity contribution in [2.75, 3.05) is 13.2 Å². The highest BCUT2D eigenvalue weighted by molar-refractivity contribution is 4.68. The van der Waals surface area contributed by atoms with E-state index in [2.05, 4.69) is 19.7 Å². The van der Waals surface area contributed by atoms with Gasteiger partial charge >= 0.3 is 0 Å². The highest BCUT2D eigenvalue weighted by atomic mass is 16.5. The lowest BCUT2D eigenvalue weighted by atomic mass is 10.6. The van der Waals surface area contributed by atoms with Crippen LogP contribution in [-0.4, -0.2) is 13.2 Å². The summed E-state index contributed by atoms with van der Waals surface area (Å²) < 4.78 is 4.90. The fourth-order valence-corrected chi connectivity index (χ4v) is 0.235. The maximum absolute atomic E-state index is 4.90. The summed E-state index contributed by atoms with van der Waals surface area (Å²) in [6, 6.07) is 0. The van der Waals surface area contributed by atoms with E-state index >= 15 is 0 Å². The van der Waals surface area contributed by atoms with Crippen molar-refractivity contribution < 1.29 is 4.74 Å². The minimum absolute atomic E-state index is 0. The molecule has 0 radical (unpaired) electrons. The molecule has 0 amide bonds. The van der Waals surface area contributed by atoms with Gasteiger partial charge in [0.25, 0.3) is 0 Å². The van der Waals surface area contributed by atoms with E-state index in [0.717, 1.165) is 0 Å². The van der Waals surface area contributed by atoms with Crippen molar-refractivity contribution in [2.45, 2.75) is 6.92 Å². The van der Waals surface area contributed by atoms with E-state index < -0.39 is 0 Å². The van der Waals surface area contributed by atoms with E-state index in [-0.39, 0.29) is 6.15 Å². The Morgan fingerprint density at radius 2 is 1.36 bits per heavy atom. The van der Waals surface area contributed by atoms with E-state index in [9.17, 15) is 0 Å². The van der Waals surface area contributed by atoms with Crippen molar-refractivity contribution in [3.05, 3.63) is 38.0 Å². The Hall–Kier alpha value is -0.860. The minimum Gasteiger partial charge on any atom is -0.373 e. The van der Waals surface area contributed by atoms with E-state index in [1.165, 1.54) is 0 Å². The largest absolute Gasteiger partial charge is 0.373 e. The molecule has 0 aliphatic carbocycles. The maximum Gasteiger partial charge on any atom is 0.0649 e. The Bertz CT molecular complexity index is 81.6. The smallest absolute Gasteiger partial charge is 0.0649 e. The highest BCUT2D eigenvalue weighted by Crippen LogP contribution is 1.72. The van der Waals surface area contributed by atoms with Crippen LogP contribution < -0.4 is 6.15 Å². The third-order valence-corrected chi connectivity index (χ3v) is 0.471. The van der Waals surface area contributed by atoms with Crippen molar-refractivity contribution in [1.82, 2.24) is 6.15 Å². The van der Waals surface area contributed by atoms with Crippen LogP contribution in [0.4, 0.5) is 0 Å². The quantitative estimate of drug-likeness (QED) is 0.503. The second-order valence-electron chi connectivity index (χ2n) is 1.52. The van der Waals surface area contributed by atoms with Crippen LogP contribution in [0.2, 0.25) is 0 Å². The van der Waals surface area contributed by atoms with Gasteiger partial charge in [-0.1, -0.05) is 18.2 Å². The van der Waals surface area contributed by atoms with Gasteiger partial charge in [-0.2, -0.15) is 0 Å². The second kappa shape index (κ2) is 22.9. The minimum atomic E-state index is 0. The first-order valence-electron chi connectivity index (χ1n) is 3.20. The fourth-order valence-electron chi connectivity index (χ4n) is 0.235. The summed E-state index contributed by atoms with van der Waals surface area (Å²) in [5.74, 6) is 0. The summed E-state index contributed by atoms with van der Waals surface area (Å²) in [7, 11) is 0. The van der Waals surface area contributed by atoms with Gasteiger partial charge in [0.2, 0.25) is 0 Å². The van der Waals surface area contributed by atoms with Gasteiger partial charge in [0.1, 0.15) is 0 Å². The molecule has 11 heavy (non-hydrogen) atoms. The lowest BCUT2D eigenvalue weighted by Gasteiger charge is -1.89. The van der Waals surface area contributed by atoms with Crippen LogP contribution in [0, 0.1) is 0 Å². The third kappa shape index (κ3) is 47.3. The predicted molar refractivity (Wildman–Crippen MR) is 52.1 cm³/mol. The summed E-state index contributed by atoms with van der Waals surface area (Å²) in [5, 5.41) is 0. The molecule has 0 saturated heterocycles. The first kappa shape index (κ1) is 16.6. The van der Waals surface area contributed by atoms with Crippen molar-refractivity contribution in [2.24, 2.45) is 0 Å². The molecule has 0 spiro atoms. The molecular formula is C9H19NO. The second-order valence-corrected chi connectivity index (χ2v) is 1.52. The van der Waals surface area contributed by atoms with Gasteiger partial charge in [-0.25, -0.2) is 0 Å². The Labute approximate surface area is 69.8 Å². The zero-order chi connectivity index (χ0) is 8.24. The van der Waals surface area contributed by atoms with Crippen LogP contribution in [0.25, 0.3) is 0 Å². The summed E-state index contributed by atoms with van der Waals surface area (Å²) in [6.07, 6.45) is 5.17. The molecule has 0 aromatic carbocycles. The molecule has 2 heteroatoms. The van der Waals surface area contributed by atoms with Gasteiger partial charge in [-0.05, 0) is 6.92 Å². The normalized spacial score (nSPS) is 6.27. The highest BCUT2D eigenvalue weighted by Gasteiger charge is 1.70. The molecule has 0 aromatic heterocycles. The van der Waals surface area contributed by atoms with Crippen LogP contribution in [0.5, 0.6) is 0 Å². The molecule has 0 aliphatic rings. The van der Waals surface area contributed by atoms with Crippen molar-refractivity contribution in [1.29, 1.82) is 0 Å². The summed E-state index contributed by atoms with van der Waals surface area (Å²) in [4.78, 5) is 0. The number of hydrogen-bond donors (Lipinski definition) is 1. The van der Waals surface area contributed by atoms with Crippen LogP contribution in [0.1, 0.15) is 6.92 Å².